The molecule has 0 aromatic rings. The van der Waals surface area contributed by atoms with Gasteiger partial charge in [-0.05, 0) is 25.8 Å². The van der Waals surface area contributed by atoms with Crippen LogP contribution in [0.25, 0.3) is 0 Å². The molecule has 2 fully saturated rings. The molecule has 130 valence electrons. The second-order valence-corrected chi connectivity index (χ2v) is 6.16. The minimum atomic E-state index is -1.12. The lowest BCUT2D eigenvalue weighted by Gasteiger charge is -2.30. The summed E-state index contributed by atoms with van der Waals surface area (Å²) in [4.78, 5) is 39.0. The Bertz CT molecular complexity index is 470. The van der Waals surface area contributed by atoms with E-state index in [2.05, 4.69) is 5.32 Å². The van der Waals surface area contributed by atoms with Gasteiger partial charge in [0.15, 0.2) is 0 Å². The molecular formula is C15H25N3O5. The molecule has 0 radical (unpaired) electrons. The molecule has 0 bridgehead atoms. The zero-order chi connectivity index (χ0) is 17.0. The number of nitrogens with one attached hydrogen (secondary N) is 1. The fourth-order valence-electron chi connectivity index (χ4n) is 3.28. The van der Waals surface area contributed by atoms with E-state index in [1.807, 2.05) is 6.92 Å². The molecular weight excluding hydrogens is 302 g/mol. The second-order valence-electron chi connectivity index (χ2n) is 6.16. The summed E-state index contributed by atoms with van der Waals surface area (Å²) in [5.41, 5.74) is 0. The number of aliphatic hydroxyl groups is 1. The number of nitrogens with zero attached hydrogens (tertiary/aromatic N) is 2. The molecule has 0 aromatic heterocycles. The van der Waals surface area contributed by atoms with Crippen molar-refractivity contribution in [2.45, 2.75) is 50.8 Å². The molecule has 23 heavy (non-hydrogen) atoms. The Balaban J connectivity index is 2.02. The summed E-state index contributed by atoms with van der Waals surface area (Å²) in [6, 6.07) is -1.62. The van der Waals surface area contributed by atoms with Crippen LogP contribution >= 0.6 is 0 Å². The number of rotatable bonds is 6. The third kappa shape index (κ3) is 4.00. The van der Waals surface area contributed by atoms with Crippen LogP contribution in [-0.2, 0) is 14.4 Å². The number of carbonyl (C=O) groups is 3. The van der Waals surface area contributed by atoms with Gasteiger partial charge in [0.25, 0.3) is 0 Å². The maximum atomic E-state index is 12.7. The summed E-state index contributed by atoms with van der Waals surface area (Å²) in [6.45, 7) is 3.45. The molecule has 2 heterocycles. The first kappa shape index (κ1) is 17.7. The molecule has 0 aliphatic carbocycles. The Morgan fingerprint density at radius 2 is 1.96 bits per heavy atom. The van der Waals surface area contributed by atoms with Crippen molar-refractivity contribution in [2.24, 2.45) is 0 Å². The van der Waals surface area contributed by atoms with E-state index in [-0.39, 0.29) is 31.3 Å². The van der Waals surface area contributed by atoms with Gasteiger partial charge in [-0.1, -0.05) is 6.92 Å². The van der Waals surface area contributed by atoms with Crippen molar-refractivity contribution in [1.29, 1.82) is 0 Å². The predicted molar refractivity (Wildman–Crippen MR) is 81.7 cm³/mol. The summed E-state index contributed by atoms with van der Waals surface area (Å²) >= 11 is 0. The van der Waals surface area contributed by atoms with E-state index in [9.17, 15) is 24.6 Å². The third-order valence-electron chi connectivity index (χ3n) is 4.41. The predicted octanol–water partition coefficient (Wildman–Crippen LogP) is -0.977. The summed E-state index contributed by atoms with van der Waals surface area (Å²) in [5, 5.41) is 21.9. The first-order chi connectivity index (χ1) is 11.0. The maximum Gasteiger partial charge on any atom is 0.326 e. The van der Waals surface area contributed by atoms with Crippen molar-refractivity contribution in [3.63, 3.8) is 0 Å². The Labute approximate surface area is 135 Å². The van der Waals surface area contributed by atoms with Gasteiger partial charge in [0, 0.05) is 19.5 Å². The fourth-order valence-corrected chi connectivity index (χ4v) is 3.28. The Morgan fingerprint density at radius 1 is 1.22 bits per heavy atom. The molecule has 2 aliphatic heterocycles. The highest BCUT2D eigenvalue weighted by Gasteiger charge is 2.44. The largest absolute Gasteiger partial charge is 0.480 e. The van der Waals surface area contributed by atoms with Gasteiger partial charge in [-0.15, -0.1) is 0 Å². The molecule has 0 spiro atoms. The zero-order valence-corrected chi connectivity index (χ0v) is 13.4. The Hall–Kier alpha value is -1.67. The normalized spacial score (nSPS) is 27.5. The zero-order valence-electron chi connectivity index (χ0n) is 13.4. The smallest absolute Gasteiger partial charge is 0.326 e. The third-order valence-corrected chi connectivity index (χ3v) is 4.41. The van der Waals surface area contributed by atoms with E-state index >= 15 is 0 Å². The molecule has 2 aliphatic rings. The highest BCUT2D eigenvalue weighted by molar-refractivity contribution is 5.91. The van der Waals surface area contributed by atoms with E-state index in [4.69, 9.17) is 0 Å². The van der Waals surface area contributed by atoms with Crippen molar-refractivity contribution < 1.29 is 24.6 Å². The topological polar surface area (TPSA) is 110 Å². The van der Waals surface area contributed by atoms with Gasteiger partial charge in [0.1, 0.15) is 12.1 Å². The van der Waals surface area contributed by atoms with Crippen LogP contribution in [0.5, 0.6) is 0 Å². The lowest BCUT2D eigenvalue weighted by Crippen LogP contribution is -2.52. The van der Waals surface area contributed by atoms with Crippen LogP contribution in [0, 0.1) is 0 Å². The molecule has 3 N–H and O–H groups in total. The van der Waals surface area contributed by atoms with Crippen molar-refractivity contribution in [2.75, 3.05) is 26.2 Å². The molecule has 0 unspecified atom stereocenters. The molecule has 0 aromatic carbocycles. The van der Waals surface area contributed by atoms with Crippen LogP contribution in [0.2, 0.25) is 0 Å². The van der Waals surface area contributed by atoms with Crippen LogP contribution in [0.1, 0.15) is 32.6 Å². The summed E-state index contributed by atoms with van der Waals surface area (Å²) in [5.74, 6) is -1.62. The van der Waals surface area contributed by atoms with E-state index in [0.717, 1.165) is 19.4 Å². The van der Waals surface area contributed by atoms with Gasteiger partial charge in [-0.25, -0.2) is 4.79 Å². The van der Waals surface area contributed by atoms with Gasteiger partial charge in [0.05, 0.1) is 12.6 Å². The number of hydrogen-bond donors (Lipinski definition) is 3. The maximum absolute atomic E-state index is 12.7. The molecule has 8 nitrogen and oxygen atoms in total. The monoisotopic (exact) mass is 327 g/mol. The molecule has 8 heteroatoms. The number of carboxylic acid groups (broad SMARTS) is 1. The van der Waals surface area contributed by atoms with Gasteiger partial charge in [0.2, 0.25) is 11.8 Å². The average molecular weight is 327 g/mol. The van der Waals surface area contributed by atoms with Crippen molar-refractivity contribution >= 4 is 17.8 Å². The highest BCUT2D eigenvalue weighted by Crippen LogP contribution is 2.25. The first-order valence-electron chi connectivity index (χ1n) is 8.17. The van der Waals surface area contributed by atoms with Gasteiger partial charge >= 0.3 is 5.97 Å². The van der Waals surface area contributed by atoms with Crippen molar-refractivity contribution in [1.82, 2.24) is 15.1 Å². The van der Waals surface area contributed by atoms with E-state index in [1.165, 1.54) is 9.80 Å². The fraction of sp³-hybridized carbons (Fsp3) is 0.800. The van der Waals surface area contributed by atoms with Gasteiger partial charge in [-0.2, -0.15) is 0 Å². The molecule has 2 amide bonds. The second kappa shape index (κ2) is 7.74. The van der Waals surface area contributed by atoms with Crippen LogP contribution in [0.4, 0.5) is 0 Å². The average Bonchev–Trinajstić information content (AvgIpc) is 3.13. The quantitative estimate of drug-likeness (QED) is 0.541. The van der Waals surface area contributed by atoms with Gasteiger partial charge in [-0.3, -0.25) is 9.59 Å². The van der Waals surface area contributed by atoms with E-state index < -0.39 is 24.2 Å². The number of β-amino-alcohol motifs (C(OH)–C–C–N with tert-alkyl or cyclic N) is 1. The number of likely N-dealkylation sites (tertiary alicyclic amines) is 2. The Morgan fingerprint density at radius 3 is 2.61 bits per heavy atom. The van der Waals surface area contributed by atoms with Crippen molar-refractivity contribution in [3.05, 3.63) is 0 Å². The molecule has 2 saturated heterocycles. The Kier molecular flexibility index (Phi) is 5.95. The molecule has 0 saturated carbocycles. The summed E-state index contributed by atoms with van der Waals surface area (Å²) in [6.07, 6.45) is 1.40. The minimum absolute atomic E-state index is 0.0163. The molecule has 3 atom stereocenters. The number of carboxylic acids is 1. The lowest BCUT2D eigenvalue weighted by molar-refractivity contribution is -0.151. The van der Waals surface area contributed by atoms with Crippen LogP contribution in [0.15, 0.2) is 0 Å². The van der Waals surface area contributed by atoms with Gasteiger partial charge < -0.3 is 25.3 Å². The summed E-state index contributed by atoms with van der Waals surface area (Å²) < 4.78 is 0. The summed E-state index contributed by atoms with van der Waals surface area (Å²) in [7, 11) is 0. The number of aliphatic carboxylic acids is 1. The lowest BCUT2D eigenvalue weighted by atomic mass is 10.1. The van der Waals surface area contributed by atoms with Crippen LogP contribution in [0.3, 0.4) is 0 Å². The van der Waals surface area contributed by atoms with E-state index in [0.29, 0.717) is 13.0 Å². The SMILES string of the molecule is CCCNCC(=O)N1CCC[C@H]1C(=O)N1C[C@H](O)C[C@H]1C(=O)O. The standard InChI is InChI=1S/C15H25N3O5/c1-2-5-16-8-13(20)17-6-3-4-11(17)14(21)18-9-10(19)7-12(18)15(22)23/h10-12,16,19H,2-9H2,1H3,(H,22,23)/t10-,11+,12+/m1/s1. The highest BCUT2D eigenvalue weighted by atomic mass is 16.4. The molecule has 2 rings (SSSR count). The van der Waals surface area contributed by atoms with Crippen LogP contribution in [-0.4, -0.2) is 82.2 Å². The number of hydrogen-bond acceptors (Lipinski definition) is 5. The van der Waals surface area contributed by atoms with Crippen molar-refractivity contribution in [3.8, 4) is 0 Å². The van der Waals surface area contributed by atoms with E-state index in [1.54, 1.807) is 0 Å². The first-order valence-corrected chi connectivity index (χ1v) is 8.17. The number of carbonyl (C=O) groups excluding carboxylic acids is 2. The number of aliphatic hydroxyl groups excluding tert-OH is 1. The minimum Gasteiger partial charge on any atom is -0.480 e. The van der Waals surface area contributed by atoms with Crippen LogP contribution < -0.4 is 5.32 Å². The number of amides is 2.